The molecule has 2 saturated heterocycles. The van der Waals surface area contributed by atoms with Crippen LogP contribution in [0.15, 0.2) is 0 Å². The van der Waals surface area contributed by atoms with Gasteiger partial charge >= 0.3 is 0 Å². The van der Waals surface area contributed by atoms with Gasteiger partial charge in [0.05, 0.1) is 0 Å². The van der Waals surface area contributed by atoms with Crippen molar-refractivity contribution in [1.29, 1.82) is 0 Å². The van der Waals surface area contributed by atoms with Crippen molar-refractivity contribution in [1.82, 2.24) is 10.2 Å². The predicted octanol–water partition coefficient (Wildman–Crippen LogP) is 2.89. The first-order chi connectivity index (χ1) is 8.31. The van der Waals surface area contributed by atoms with Gasteiger partial charge in [0.15, 0.2) is 0 Å². The van der Waals surface area contributed by atoms with Crippen molar-refractivity contribution in [3.8, 4) is 0 Å². The molecule has 3 atom stereocenters. The monoisotopic (exact) mass is 238 g/mol. The quantitative estimate of drug-likeness (QED) is 0.792. The molecule has 17 heavy (non-hydrogen) atoms. The van der Waals surface area contributed by atoms with E-state index in [-0.39, 0.29) is 0 Å². The molecular formula is C15H30N2. The van der Waals surface area contributed by atoms with Crippen LogP contribution in [-0.2, 0) is 0 Å². The van der Waals surface area contributed by atoms with Crippen molar-refractivity contribution in [2.75, 3.05) is 26.2 Å². The van der Waals surface area contributed by atoms with E-state index >= 15 is 0 Å². The molecular weight excluding hydrogens is 208 g/mol. The van der Waals surface area contributed by atoms with Crippen LogP contribution in [0, 0.1) is 11.8 Å². The molecule has 0 aromatic rings. The summed E-state index contributed by atoms with van der Waals surface area (Å²) in [6, 6.07) is 0.772. The van der Waals surface area contributed by atoms with E-state index in [1.54, 1.807) is 0 Å². The molecule has 0 spiro atoms. The van der Waals surface area contributed by atoms with Gasteiger partial charge in [-0.1, -0.05) is 26.7 Å². The van der Waals surface area contributed by atoms with E-state index in [0.717, 1.165) is 17.9 Å². The van der Waals surface area contributed by atoms with Crippen molar-refractivity contribution in [2.45, 2.75) is 58.4 Å². The Morgan fingerprint density at radius 2 is 2.06 bits per heavy atom. The summed E-state index contributed by atoms with van der Waals surface area (Å²) >= 11 is 0. The molecule has 2 aliphatic rings. The second-order valence-corrected chi connectivity index (χ2v) is 6.15. The minimum absolute atomic E-state index is 0.772. The lowest BCUT2D eigenvalue weighted by atomic mass is 9.90. The molecule has 1 N–H and O–H groups in total. The zero-order valence-electron chi connectivity index (χ0n) is 11.8. The first kappa shape index (κ1) is 13.4. The van der Waals surface area contributed by atoms with E-state index in [1.807, 2.05) is 0 Å². The van der Waals surface area contributed by atoms with Gasteiger partial charge in [0.2, 0.25) is 0 Å². The maximum absolute atomic E-state index is 3.72. The molecule has 2 aliphatic heterocycles. The third-order valence-corrected chi connectivity index (χ3v) is 4.73. The topological polar surface area (TPSA) is 15.3 Å². The standard InChI is InChI=1S/C15H30N2/c1-3-5-14-7-9-17(11-14)12-15-10-13(4-2)6-8-16-15/h13-16H,3-12H2,1-2H3. The zero-order chi connectivity index (χ0) is 12.1. The summed E-state index contributed by atoms with van der Waals surface area (Å²) < 4.78 is 0. The highest BCUT2D eigenvalue weighted by atomic mass is 15.2. The smallest absolute Gasteiger partial charge is 0.0197 e. The molecule has 100 valence electrons. The van der Waals surface area contributed by atoms with Gasteiger partial charge < -0.3 is 10.2 Å². The third-order valence-electron chi connectivity index (χ3n) is 4.73. The van der Waals surface area contributed by atoms with Crippen molar-refractivity contribution in [3.63, 3.8) is 0 Å². The van der Waals surface area contributed by atoms with Crippen LogP contribution in [0.2, 0.25) is 0 Å². The number of hydrogen-bond donors (Lipinski definition) is 1. The molecule has 2 heteroatoms. The molecule has 0 radical (unpaired) electrons. The largest absolute Gasteiger partial charge is 0.313 e. The molecule has 3 unspecified atom stereocenters. The number of nitrogens with one attached hydrogen (secondary N) is 1. The van der Waals surface area contributed by atoms with E-state index in [9.17, 15) is 0 Å². The molecule has 2 heterocycles. The Bertz CT molecular complexity index is 217. The molecule has 2 nitrogen and oxygen atoms in total. The second-order valence-electron chi connectivity index (χ2n) is 6.15. The number of hydrogen-bond acceptors (Lipinski definition) is 2. The summed E-state index contributed by atoms with van der Waals surface area (Å²) in [6.07, 6.45) is 8.41. The molecule has 2 rings (SSSR count). The molecule has 0 aliphatic carbocycles. The first-order valence-electron chi connectivity index (χ1n) is 7.77. The van der Waals surface area contributed by atoms with Crippen LogP contribution < -0.4 is 5.32 Å². The van der Waals surface area contributed by atoms with Gasteiger partial charge in [0.25, 0.3) is 0 Å². The summed E-state index contributed by atoms with van der Waals surface area (Å²) in [6.45, 7) is 9.92. The first-order valence-corrected chi connectivity index (χ1v) is 7.77. The van der Waals surface area contributed by atoms with Crippen molar-refractivity contribution in [3.05, 3.63) is 0 Å². The van der Waals surface area contributed by atoms with Gasteiger partial charge in [-0.05, 0) is 50.6 Å². The fourth-order valence-corrected chi connectivity index (χ4v) is 3.64. The van der Waals surface area contributed by atoms with Crippen LogP contribution in [0.4, 0.5) is 0 Å². The van der Waals surface area contributed by atoms with Crippen LogP contribution in [0.3, 0.4) is 0 Å². The van der Waals surface area contributed by atoms with Crippen LogP contribution in [0.5, 0.6) is 0 Å². The zero-order valence-corrected chi connectivity index (χ0v) is 11.8. The van der Waals surface area contributed by atoms with Crippen LogP contribution in [0.1, 0.15) is 52.4 Å². The molecule has 0 amide bonds. The van der Waals surface area contributed by atoms with Gasteiger partial charge in [-0.15, -0.1) is 0 Å². The number of piperidine rings is 1. The number of nitrogens with zero attached hydrogens (tertiary/aromatic N) is 1. The van der Waals surface area contributed by atoms with Crippen molar-refractivity contribution in [2.24, 2.45) is 11.8 Å². The Morgan fingerprint density at radius 3 is 2.82 bits per heavy atom. The maximum atomic E-state index is 3.72. The van der Waals surface area contributed by atoms with Gasteiger partial charge in [0, 0.05) is 19.1 Å². The van der Waals surface area contributed by atoms with Crippen molar-refractivity contribution < 1.29 is 0 Å². The van der Waals surface area contributed by atoms with Gasteiger partial charge in [-0.2, -0.15) is 0 Å². The van der Waals surface area contributed by atoms with Crippen LogP contribution >= 0.6 is 0 Å². The molecule has 0 aromatic carbocycles. The fraction of sp³-hybridized carbons (Fsp3) is 1.00. The number of likely N-dealkylation sites (tertiary alicyclic amines) is 1. The van der Waals surface area contributed by atoms with Gasteiger partial charge in [-0.25, -0.2) is 0 Å². The van der Waals surface area contributed by atoms with Crippen LogP contribution in [0.25, 0.3) is 0 Å². The van der Waals surface area contributed by atoms with E-state index in [2.05, 4.69) is 24.1 Å². The average Bonchev–Trinajstić information content (AvgIpc) is 2.77. The van der Waals surface area contributed by atoms with Gasteiger partial charge in [0.1, 0.15) is 0 Å². The van der Waals surface area contributed by atoms with Gasteiger partial charge in [-0.3, -0.25) is 0 Å². The van der Waals surface area contributed by atoms with E-state index in [4.69, 9.17) is 0 Å². The van der Waals surface area contributed by atoms with Crippen LogP contribution in [-0.4, -0.2) is 37.1 Å². The maximum Gasteiger partial charge on any atom is 0.0197 e. The second kappa shape index (κ2) is 6.75. The molecule has 0 saturated carbocycles. The highest BCUT2D eigenvalue weighted by molar-refractivity contribution is 4.84. The fourth-order valence-electron chi connectivity index (χ4n) is 3.64. The summed E-state index contributed by atoms with van der Waals surface area (Å²) in [4.78, 5) is 2.70. The Hall–Kier alpha value is -0.0800. The third kappa shape index (κ3) is 3.96. The predicted molar refractivity (Wildman–Crippen MR) is 74.3 cm³/mol. The van der Waals surface area contributed by atoms with Crippen molar-refractivity contribution >= 4 is 0 Å². The van der Waals surface area contributed by atoms with E-state index < -0.39 is 0 Å². The lowest BCUT2D eigenvalue weighted by Gasteiger charge is -2.32. The lowest BCUT2D eigenvalue weighted by molar-refractivity contribution is 0.220. The Morgan fingerprint density at radius 1 is 1.18 bits per heavy atom. The van der Waals surface area contributed by atoms with E-state index in [0.29, 0.717) is 0 Å². The highest BCUT2D eigenvalue weighted by Crippen LogP contribution is 2.24. The minimum atomic E-state index is 0.772. The molecule has 2 fully saturated rings. The summed E-state index contributed by atoms with van der Waals surface area (Å²) in [5, 5.41) is 3.72. The lowest BCUT2D eigenvalue weighted by Crippen LogP contribution is -2.45. The summed E-state index contributed by atoms with van der Waals surface area (Å²) in [5.41, 5.74) is 0. The van der Waals surface area contributed by atoms with E-state index in [1.165, 1.54) is 64.7 Å². The summed E-state index contributed by atoms with van der Waals surface area (Å²) in [7, 11) is 0. The Kier molecular flexibility index (Phi) is 5.30. The normalized spacial score (nSPS) is 35.3. The molecule has 0 aromatic heterocycles. The molecule has 0 bridgehead atoms. The highest BCUT2D eigenvalue weighted by Gasteiger charge is 2.26. The number of rotatable bonds is 5. The SMILES string of the molecule is CCCC1CCN(CC2CC(CC)CCN2)C1. The average molecular weight is 238 g/mol. The Labute approximate surface area is 107 Å². The minimum Gasteiger partial charge on any atom is -0.313 e. The Balaban J connectivity index is 1.70. The summed E-state index contributed by atoms with van der Waals surface area (Å²) in [5.74, 6) is 1.97.